The molecule has 0 fully saturated rings. The summed E-state index contributed by atoms with van der Waals surface area (Å²) in [7, 11) is 0. The maximum absolute atomic E-state index is 12.6. The summed E-state index contributed by atoms with van der Waals surface area (Å²) in [5.41, 5.74) is 1.39. The van der Waals surface area contributed by atoms with E-state index in [2.05, 4.69) is 10.3 Å². The van der Waals surface area contributed by atoms with E-state index in [1.807, 2.05) is 12.1 Å². The number of hydrogen-bond acceptors (Lipinski definition) is 5. The molecule has 0 radical (unpaired) electrons. The Morgan fingerprint density at radius 1 is 1.14 bits per heavy atom. The van der Waals surface area contributed by atoms with E-state index in [1.165, 1.54) is 18.4 Å². The van der Waals surface area contributed by atoms with Crippen molar-refractivity contribution in [2.75, 3.05) is 6.54 Å². The zero-order valence-corrected chi connectivity index (χ0v) is 19.2. The van der Waals surface area contributed by atoms with Crippen molar-refractivity contribution in [2.24, 2.45) is 0 Å². The SMILES string of the molecule is CCC(=O)NCCC(O)Cc1ccc(OCc2coc(/C=C/c3ccc(C(F)(F)F)cc3)n2)cc1. The van der Waals surface area contributed by atoms with Crippen molar-refractivity contribution in [1.29, 1.82) is 0 Å². The molecule has 2 N–H and O–H groups in total. The van der Waals surface area contributed by atoms with Gasteiger partial charge in [0.05, 0.1) is 11.7 Å². The number of halogens is 3. The fourth-order valence-corrected chi connectivity index (χ4v) is 3.17. The summed E-state index contributed by atoms with van der Waals surface area (Å²) in [4.78, 5) is 15.5. The van der Waals surface area contributed by atoms with Crippen molar-refractivity contribution in [3.63, 3.8) is 0 Å². The van der Waals surface area contributed by atoms with Crippen molar-refractivity contribution in [3.05, 3.63) is 83.1 Å². The second-order valence-corrected chi connectivity index (χ2v) is 7.91. The molecule has 0 aliphatic rings. The molecule has 1 amide bonds. The zero-order valence-electron chi connectivity index (χ0n) is 19.2. The van der Waals surface area contributed by atoms with Crippen LogP contribution in [0.1, 0.15) is 48.0 Å². The summed E-state index contributed by atoms with van der Waals surface area (Å²) in [5, 5.41) is 12.9. The van der Waals surface area contributed by atoms with Crippen molar-refractivity contribution < 1.29 is 32.2 Å². The molecular formula is C26H27F3N2O4. The van der Waals surface area contributed by atoms with Crippen LogP contribution in [0.5, 0.6) is 5.75 Å². The van der Waals surface area contributed by atoms with Gasteiger partial charge in [0, 0.05) is 19.0 Å². The lowest BCUT2D eigenvalue weighted by Crippen LogP contribution is -2.26. The van der Waals surface area contributed by atoms with Gasteiger partial charge in [0.1, 0.15) is 24.3 Å². The molecule has 1 unspecified atom stereocenters. The number of rotatable bonds is 11. The molecule has 1 atom stereocenters. The molecule has 0 bridgehead atoms. The average Bonchev–Trinajstić information content (AvgIpc) is 3.30. The highest BCUT2D eigenvalue weighted by atomic mass is 19.4. The van der Waals surface area contributed by atoms with E-state index in [9.17, 15) is 23.1 Å². The minimum atomic E-state index is -4.37. The van der Waals surface area contributed by atoms with Crippen LogP contribution in [0.2, 0.25) is 0 Å². The number of hydrogen-bond donors (Lipinski definition) is 2. The number of nitrogens with zero attached hydrogens (tertiary/aromatic N) is 1. The number of carbonyl (C=O) groups is 1. The Balaban J connectivity index is 1.44. The number of carbonyl (C=O) groups excluding carboxylic acids is 1. The van der Waals surface area contributed by atoms with Crippen LogP contribution >= 0.6 is 0 Å². The number of alkyl halides is 3. The molecule has 186 valence electrons. The van der Waals surface area contributed by atoms with Gasteiger partial charge in [-0.2, -0.15) is 13.2 Å². The third-order valence-corrected chi connectivity index (χ3v) is 5.13. The zero-order chi connectivity index (χ0) is 25.3. The predicted octanol–water partition coefficient (Wildman–Crippen LogP) is 5.26. The molecule has 0 saturated heterocycles. The highest BCUT2D eigenvalue weighted by molar-refractivity contribution is 5.75. The molecule has 35 heavy (non-hydrogen) atoms. The van der Waals surface area contributed by atoms with Crippen molar-refractivity contribution in [1.82, 2.24) is 10.3 Å². The van der Waals surface area contributed by atoms with E-state index in [4.69, 9.17) is 9.15 Å². The second kappa shape index (κ2) is 12.2. The third kappa shape index (κ3) is 8.60. The summed E-state index contributed by atoms with van der Waals surface area (Å²) in [6.07, 6.45) is 1.09. The largest absolute Gasteiger partial charge is 0.487 e. The van der Waals surface area contributed by atoms with Crippen LogP contribution in [0.25, 0.3) is 12.2 Å². The Bertz CT molecular complexity index is 1110. The van der Waals surface area contributed by atoms with Gasteiger partial charge in [0.25, 0.3) is 0 Å². The van der Waals surface area contributed by atoms with Gasteiger partial charge in [-0.1, -0.05) is 31.2 Å². The molecule has 1 heterocycles. The topological polar surface area (TPSA) is 84.6 Å². The van der Waals surface area contributed by atoms with Crippen LogP contribution in [0.15, 0.2) is 59.2 Å². The summed E-state index contributed by atoms with van der Waals surface area (Å²) in [6.45, 7) is 2.39. The van der Waals surface area contributed by atoms with Crippen LogP contribution in [-0.2, 0) is 24.0 Å². The number of amides is 1. The van der Waals surface area contributed by atoms with E-state index in [0.29, 0.717) is 48.7 Å². The molecule has 1 aromatic heterocycles. The Morgan fingerprint density at radius 3 is 2.51 bits per heavy atom. The second-order valence-electron chi connectivity index (χ2n) is 7.91. The van der Waals surface area contributed by atoms with Gasteiger partial charge in [-0.3, -0.25) is 4.79 Å². The van der Waals surface area contributed by atoms with E-state index in [1.54, 1.807) is 31.2 Å². The van der Waals surface area contributed by atoms with E-state index >= 15 is 0 Å². The first-order valence-electron chi connectivity index (χ1n) is 11.2. The normalized spacial score (nSPS) is 12.6. The molecule has 3 rings (SSSR count). The van der Waals surface area contributed by atoms with E-state index in [0.717, 1.165) is 17.7 Å². The first kappa shape index (κ1) is 26.0. The molecule has 3 aromatic rings. The lowest BCUT2D eigenvalue weighted by atomic mass is 10.1. The molecule has 6 nitrogen and oxygen atoms in total. The van der Waals surface area contributed by atoms with Crippen molar-refractivity contribution in [2.45, 2.75) is 45.1 Å². The van der Waals surface area contributed by atoms with Crippen molar-refractivity contribution >= 4 is 18.1 Å². The van der Waals surface area contributed by atoms with Crippen LogP contribution in [0, 0.1) is 0 Å². The molecule has 0 spiro atoms. The number of ether oxygens (including phenoxy) is 1. The first-order chi connectivity index (χ1) is 16.7. The number of aliphatic hydroxyl groups is 1. The summed E-state index contributed by atoms with van der Waals surface area (Å²) >= 11 is 0. The minimum Gasteiger partial charge on any atom is -0.487 e. The van der Waals surface area contributed by atoms with Crippen LogP contribution in [0.4, 0.5) is 13.2 Å². The molecule has 0 aliphatic carbocycles. The summed E-state index contributed by atoms with van der Waals surface area (Å²) < 4.78 is 49.0. The Kier molecular flexibility index (Phi) is 9.08. The molecule has 0 aliphatic heterocycles. The highest BCUT2D eigenvalue weighted by Crippen LogP contribution is 2.29. The average molecular weight is 489 g/mol. The first-order valence-corrected chi connectivity index (χ1v) is 11.2. The van der Waals surface area contributed by atoms with E-state index in [-0.39, 0.29) is 12.5 Å². The Morgan fingerprint density at radius 2 is 1.86 bits per heavy atom. The number of aliphatic hydroxyl groups excluding tert-OH is 1. The standard InChI is InChI=1S/C26H27F3N2O4/c1-2-24(33)30-14-13-22(32)15-19-5-10-23(11-6-19)34-16-21-17-35-25(31-21)12-7-18-3-8-20(9-4-18)26(27,28)29/h3-12,17,22,32H,2,13-16H2,1H3,(H,30,33)/b12-7+. The fraction of sp³-hybridized carbons (Fsp3) is 0.308. The lowest BCUT2D eigenvalue weighted by molar-refractivity contribution is -0.137. The molecular weight excluding hydrogens is 461 g/mol. The fourth-order valence-electron chi connectivity index (χ4n) is 3.17. The Hall–Kier alpha value is -3.59. The van der Waals surface area contributed by atoms with Gasteiger partial charge in [-0.05, 0) is 54.3 Å². The maximum Gasteiger partial charge on any atom is 0.416 e. The number of oxazole rings is 1. The minimum absolute atomic E-state index is 0.0342. The molecule has 2 aromatic carbocycles. The van der Waals surface area contributed by atoms with Crippen LogP contribution < -0.4 is 10.1 Å². The van der Waals surface area contributed by atoms with E-state index < -0.39 is 17.8 Å². The van der Waals surface area contributed by atoms with Gasteiger partial charge in [0.2, 0.25) is 11.8 Å². The van der Waals surface area contributed by atoms with Gasteiger partial charge >= 0.3 is 6.18 Å². The van der Waals surface area contributed by atoms with Crippen molar-refractivity contribution in [3.8, 4) is 5.75 Å². The lowest BCUT2D eigenvalue weighted by Gasteiger charge is -2.12. The predicted molar refractivity (Wildman–Crippen MR) is 125 cm³/mol. The molecule has 0 saturated carbocycles. The van der Waals surface area contributed by atoms with Crippen LogP contribution in [0.3, 0.4) is 0 Å². The van der Waals surface area contributed by atoms with Gasteiger partial charge in [0.15, 0.2) is 0 Å². The summed E-state index contributed by atoms with van der Waals surface area (Å²) in [5.74, 6) is 0.902. The number of benzene rings is 2. The maximum atomic E-state index is 12.6. The summed E-state index contributed by atoms with van der Waals surface area (Å²) in [6, 6.07) is 12.1. The highest BCUT2D eigenvalue weighted by Gasteiger charge is 2.29. The van der Waals surface area contributed by atoms with Gasteiger partial charge in [-0.25, -0.2) is 4.98 Å². The third-order valence-electron chi connectivity index (χ3n) is 5.13. The quantitative estimate of drug-likeness (QED) is 0.385. The number of aromatic nitrogens is 1. The van der Waals surface area contributed by atoms with Crippen LogP contribution in [-0.4, -0.2) is 28.6 Å². The molecule has 9 heteroatoms. The van der Waals surface area contributed by atoms with Gasteiger partial charge in [-0.15, -0.1) is 0 Å². The van der Waals surface area contributed by atoms with Gasteiger partial charge < -0.3 is 19.6 Å². The number of nitrogens with one attached hydrogen (secondary N) is 1. The Labute approximate surface area is 201 Å². The monoisotopic (exact) mass is 488 g/mol. The smallest absolute Gasteiger partial charge is 0.416 e.